The molecule has 0 radical (unpaired) electrons. The molecule has 3 aromatic heterocycles. The van der Waals surface area contributed by atoms with Gasteiger partial charge in [0.1, 0.15) is 17.4 Å². The molecule has 168 valence electrons. The third-order valence-electron chi connectivity index (χ3n) is 6.23. The van der Waals surface area contributed by atoms with Crippen molar-refractivity contribution in [3.63, 3.8) is 0 Å². The zero-order valence-corrected chi connectivity index (χ0v) is 18.3. The van der Waals surface area contributed by atoms with Crippen LogP contribution in [0, 0.1) is 5.92 Å². The van der Waals surface area contributed by atoms with Crippen LogP contribution in [-0.2, 0) is 4.74 Å². The van der Waals surface area contributed by atoms with Gasteiger partial charge in [-0.15, -0.1) is 5.10 Å². The van der Waals surface area contributed by atoms with Crippen molar-refractivity contribution in [2.45, 2.75) is 44.6 Å². The second kappa shape index (κ2) is 9.71. The molecular formula is C25H30N4O3. The fourth-order valence-corrected chi connectivity index (χ4v) is 4.38. The van der Waals surface area contributed by atoms with Crippen molar-refractivity contribution in [1.29, 1.82) is 0 Å². The Morgan fingerprint density at radius 3 is 2.94 bits per heavy atom. The van der Waals surface area contributed by atoms with Crippen molar-refractivity contribution in [2.75, 3.05) is 19.8 Å². The van der Waals surface area contributed by atoms with E-state index in [0.29, 0.717) is 12.4 Å². The molecule has 0 saturated carbocycles. The van der Waals surface area contributed by atoms with E-state index >= 15 is 0 Å². The summed E-state index contributed by atoms with van der Waals surface area (Å²) in [5.74, 6) is 2.03. The Kier molecular flexibility index (Phi) is 6.36. The van der Waals surface area contributed by atoms with Crippen molar-refractivity contribution in [3.8, 4) is 17.3 Å². The van der Waals surface area contributed by atoms with Gasteiger partial charge in [-0.25, -0.2) is 9.50 Å². The Labute approximate surface area is 187 Å². The normalized spacial score (nSPS) is 17.3. The first kappa shape index (κ1) is 21.0. The molecule has 5 rings (SSSR count). The lowest BCUT2D eigenvalue weighted by Crippen LogP contribution is -2.27. The second-order valence-corrected chi connectivity index (χ2v) is 8.58. The number of nitrogens with two attached hydrogens (primary N) is 1. The fraction of sp³-hybridized carbons (Fsp3) is 0.440. The Bertz CT molecular complexity index is 1130. The lowest BCUT2D eigenvalue weighted by molar-refractivity contribution is 0.180. The van der Waals surface area contributed by atoms with Gasteiger partial charge in [0.2, 0.25) is 5.88 Å². The van der Waals surface area contributed by atoms with Crippen LogP contribution in [0.5, 0.6) is 5.88 Å². The van der Waals surface area contributed by atoms with E-state index in [1.54, 1.807) is 10.7 Å². The van der Waals surface area contributed by atoms with Crippen LogP contribution in [0.3, 0.4) is 0 Å². The number of furan rings is 1. The average Bonchev–Trinajstić information content (AvgIpc) is 3.56. The first-order valence-corrected chi connectivity index (χ1v) is 11.6. The Morgan fingerprint density at radius 1 is 1.16 bits per heavy atom. The maximum Gasteiger partial charge on any atom is 0.232 e. The fourth-order valence-electron chi connectivity index (χ4n) is 4.38. The van der Waals surface area contributed by atoms with E-state index in [4.69, 9.17) is 19.6 Å². The van der Waals surface area contributed by atoms with E-state index in [1.165, 1.54) is 25.7 Å². The Balaban J connectivity index is 1.23. The highest BCUT2D eigenvalue weighted by molar-refractivity contribution is 5.82. The molecule has 1 fully saturated rings. The summed E-state index contributed by atoms with van der Waals surface area (Å²) in [5, 5.41) is 5.72. The summed E-state index contributed by atoms with van der Waals surface area (Å²) in [6.45, 7) is 2.34. The van der Waals surface area contributed by atoms with E-state index in [1.807, 2.05) is 42.5 Å². The molecule has 1 aromatic carbocycles. The zero-order valence-electron chi connectivity index (χ0n) is 18.3. The van der Waals surface area contributed by atoms with Crippen molar-refractivity contribution >= 4 is 16.6 Å². The van der Waals surface area contributed by atoms with Gasteiger partial charge in [0, 0.05) is 31.2 Å². The molecule has 4 aromatic rings. The summed E-state index contributed by atoms with van der Waals surface area (Å²) in [4.78, 5) is 4.46. The minimum Gasteiger partial charge on any atom is -0.472 e. The van der Waals surface area contributed by atoms with Gasteiger partial charge in [0.25, 0.3) is 0 Å². The highest BCUT2D eigenvalue weighted by Crippen LogP contribution is 2.28. The molecule has 32 heavy (non-hydrogen) atoms. The standard InChI is InChI=1S/C25H30N4O3/c26-15-20(8-3-1-2-6-18-12-13-30-17-18)31-25-11-10-24-27-16-21(29(24)28-25)23-14-19-7-4-5-9-22(19)32-23/h4-5,7,9-11,14,16,18,20H,1-3,6,8,12-13,15,17,26H2. The maximum atomic E-state index is 6.14. The number of para-hydroxylation sites is 1. The number of aromatic nitrogens is 3. The van der Waals surface area contributed by atoms with Crippen LogP contribution in [0.4, 0.5) is 0 Å². The van der Waals surface area contributed by atoms with Gasteiger partial charge in [0.15, 0.2) is 11.4 Å². The van der Waals surface area contributed by atoms with Crippen molar-refractivity contribution in [2.24, 2.45) is 11.7 Å². The smallest absolute Gasteiger partial charge is 0.232 e. The van der Waals surface area contributed by atoms with Gasteiger partial charge < -0.3 is 19.6 Å². The van der Waals surface area contributed by atoms with Crippen LogP contribution in [0.1, 0.15) is 38.5 Å². The predicted octanol–water partition coefficient (Wildman–Crippen LogP) is 4.84. The maximum absolute atomic E-state index is 6.14. The molecule has 7 nitrogen and oxygen atoms in total. The Hall–Kier alpha value is -2.90. The Morgan fingerprint density at radius 2 is 2.09 bits per heavy atom. The molecular weight excluding hydrogens is 404 g/mol. The molecule has 4 heterocycles. The van der Waals surface area contributed by atoms with Gasteiger partial charge in [-0.05, 0) is 49.8 Å². The van der Waals surface area contributed by atoms with Gasteiger partial charge in [0.05, 0.1) is 6.20 Å². The van der Waals surface area contributed by atoms with Crippen molar-refractivity contribution < 1.29 is 13.9 Å². The summed E-state index contributed by atoms with van der Waals surface area (Å²) in [6, 6.07) is 13.7. The molecule has 2 unspecified atom stereocenters. The van der Waals surface area contributed by atoms with E-state index in [0.717, 1.165) is 60.0 Å². The molecule has 2 N–H and O–H groups in total. The van der Waals surface area contributed by atoms with Gasteiger partial charge in [-0.1, -0.05) is 31.0 Å². The van der Waals surface area contributed by atoms with Crippen LogP contribution in [0.15, 0.2) is 53.1 Å². The SMILES string of the molecule is NCC(CCCCCC1CCOC1)Oc1ccc2ncc(-c3cc4ccccc4o3)n2n1. The number of rotatable bonds is 10. The van der Waals surface area contributed by atoms with Crippen molar-refractivity contribution in [1.82, 2.24) is 14.6 Å². The zero-order chi connectivity index (χ0) is 21.8. The molecule has 7 heteroatoms. The summed E-state index contributed by atoms with van der Waals surface area (Å²) >= 11 is 0. The number of unbranched alkanes of at least 4 members (excludes halogenated alkanes) is 2. The van der Waals surface area contributed by atoms with Crippen LogP contribution < -0.4 is 10.5 Å². The van der Waals surface area contributed by atoms with E-state index in [2.05, 4.69) is 10.1 Å². The monoisotopic (exact) mass is 434 g/mol. The third kappa shape index (κ3) is 4.64. The third-order valence-corrected chi connectivity index (χ3v) is 6.23. The first-order valence-electron chi connectivity index (χ1n) is 11.6. The van der Waals surface area contributed by atoms with Crippen LogP contribution >= 0.6 is 0 Å². The lowest BCUT2D eigenvalue weighted by atomic mass is 9.99. The van der Waals surface area contributed by atoms with E-state index in [9.17, 15) is 0 Å². The number of benzene rings is 1. The summed E-state index contributed by atoms with van der Waals surface area (Å²) in [6.07, 6.45) is 8.67. The van der Waals surface area contributed by atoms with E-state index < -0.39 is 0 Å². The highest BCUT2D eigenvalue weighted by Gasteiger charge is 2.16. The topological polar surface area (TPSA) is 87.8 Å². The van der Waals surface area contributed by atoms with Crippen molar-refractivity contribution in [3.05, 3.63) is 48.7 Å². The molecule has 0 bridgehead atoms. The molecule has 0 spiro atoms. The van der Waals surface area contributed by atoms with E-state index in [-0.39, 0.29) is 6.10 Å². The van der Waals surface area contributed by atoms with Crippen LogP contribution in [0.25, 0.3) is 28.1 Å². The predicted molar refractivity (Wildman–Crippen MR) is 124 cm³/mol. The molecule has 2 atom stereocenters. The van der Waals surface area contributed by atoms with Gasteiger partial charge in [-0.2, -0.15) is 0 Å². The number of imidazole rings is 1. The highest BCUT2D eigenvalue weighted by atomic mass is 16.5. The largest absolute Gasteiger partial charge is 0.472 e. The quantitative estimate of drug-likeness (QED) is 0.360. The molecule has 0 aliphatic carbocycles. The number of ether oxygens (including phenoxy) is 2. The first-order chi connectivity index (χ1) is 15.8. The lowest BCUT2D eigenvalue weighted by Gasteiger charge is -2.17. The average molecular weight is 435 g/mol. The van der Waals surface area contributed by atoms with Crippen LogP contribution in [-0.4, -0.2) is 40.5 Å². The van der Waals surface area contributed by atoms with Crippen LogP contribution in [0.2, 0.25) is 0 Å². The minimum absolute atomic E-state index is 0.0482. The van der Waals surface area contributed by atoms with Gasteiger partial charge >= 0.3 is 0 Å². The van der Waals surface area contributed by atoms with Gasteiger partial charge in [-0.3, -0.25) is 0 Å². The summed E-state index contributed by atoms with van der Waals surface area (Å²) in [5.41, 5.74) is 8.37. The number of fused-ring (bicyclic) bond motifs is 2. The summed E-state index contributed by atoms with van der Waals surface area (Å²) < 4.78 is 19.4. The molecule has 1 saturated heterocycles. The number of hydrogen-bond donors (Lipinski definition) is 1. The second-order valence-electron chi connectivity index (χ2n) is 8.58. The molecule has 1 aliphatic rings. The summed E-state index contributed by atoms with van der Waals surface area (Å²) in [7, 11) is 0. The molecule has 0 amide bonds. The molecule has 1 aliphatic heterocycles. The number of nitrogens with zero attached hydrogens (tertiary/aromatic N) is 3. The number of hydrogen-bond acceptors (Lipinski definition) is 6. The minimum atomic E-state index is -0.0482.